The molecule has 2 atom stereocenters. The monoisotopic (exact) mass is 441 g/mol. The predicted molar refractivity (Wildman–Crippen MR) is 113 cm³/mol. The molecule has 2 unspecified atom stereocenters. The van der Waals surface area contributed by atoms with Crippen LogP contribution in [0.3, 0.4) is 0 Å². The molecule has 2 heterocycles. The van der Waals surface area contributed by atoms with Crippen LogP contribution in [-0.4, -0.2) is 21.7 Å². The third-order valence-electron chi connectivity index (χ3n) is 4.92. The van der Waals surface area contributed by atoms with E-state index < -0.39 is 0 Å². The Morgan fingerprint density at radius 1 is 1.26 bits per heavy atom. The predicted octanol–water partition coefficient (Wildman–Crippen LogP) is 5.16. The number of benzene rings is 1. The topological polar surface area (TPSA) is 46.9 Å². The minimum atomic E-state index is -0.00132. The molecule has 6 heteroatoms. The summed E-state index contributed by atoms with van der Waals surface area (Å²) >= 11 is 5.00. The van der Waals surface area contributed by atoms with Crippen LogP contribution in [0.25, 0.3) is 5.69 Å². The standard InChI is InChI=1S/C21H20BrN3OS/c1-13-20(14(2)25(24-13)18-6-3-5-16(22)12-18)15-8-9-17(11-15)23-21(26)19-7-4-10-27-19/h3-10,12,15,17H,11H2,1-2H3,(H,23,26). The van der Waals surface area contributed by atoms with E-state index in [1.807, 2.05) is 34.3 Å². The molecule has 1 aliphatic carbocycles. The number of aromatic nitrogens is 2. The minimum Gasteiger partial charge on any atom is -0.345 e. The quantitative estimate of drug-likeness (QED) is 0.568. The van der Waals surface area contributed by atoms with Gasteiger partial charge in [0, 0.05) is 27.7 Å². The number of nitrogens with one attached hydrogen (secondary N) is 1. The van der Waals surface area contributed by atoms with Crippen LogP contribution in [-0.2, 0) is 0 Å². The Morgan fingerprint density at radius 2 is 2.11 bits per heavy atom. The SMILES string of the molecule is Cc1nn(-c2cccc(Br)c2)c(C)c1C1C=CC(NC(=O)c2cccs2)C1. The Morgan fingerprint density at radius 3 is 2.85 bits per heavy atom. The third-order valence-corrected chi connectivity index (χ3v) is 6.28. The van der Waals surface area contributed by atoms with E-state index in [4.69, 9.17) is 5.10 Å². The highest BCUT2D eigenvalue weighted by atomic mass is 79.9. The van der Waals surface area contributed by atoms with Gasteiger partial charge in [0.15, 0.2) is 0 Å². The number of hydrogen-bond donors (Lipinski definition) is 1. The summed E-state index contributed by atoms with van der Waals surface area (Å²) in [5.74, 6) is 0.262. The first-order chi connectivity index (χ1) is 13.0. The van der Waals surface area contributed by atoms with Crippen LogP contribution >= 0.6 is 27.3 Å². The van der Waals surface area contributed by atoms with Crippen LogP contribution in [0.4, 0.5) is 0 Å². The van der Waals surface area contributed by atoms with Gasteiger partial charge in [0.1, 0.15) is 0 Å². The van der Waals surface area contributed by atoms with Gasteiger partial charge in [0.25, 0.3) is 5.91 Å². The first-order valence-corrected chi connectivity index (χ1v) is 10.5. The maximum Gasteiger partial charge on any atom is 0.261 e. The smallest absolute Gasteiger partial charge is 0.261 e. The summed E-state index contributed by atoms with van der Waals surface area (Å²) in [5.41, 5.74) is 4.47. The fourth-order valence-electron chi connectivity index (χ4n) is 3.72. The van der Waals surface area contributed by atoms with Gasteiger partial charge >= 0.3 is 0 Å². The van der Waals surface area contributed by atoms with E-state index in [1.165, 1.54) is 16.9 Å². The van der Waals surface area contributed by atoms with Crippen LogP contribution in [0.15, 0.2) is 58.4 Å². The summed E-state index contributed by atoms with van der Waals surface area (Å²) in [6.07, 6.45) is 5.16. The summed E-state index contributed by atoms with van der Waals surface area (Å²) < 4.78 is 3.03. The molecule has 1 aliphatic rings. The van der Waals surface area contributed by atoms with Gasteiger partial charge in [0.05, 0.1) is 16.3 Å². The van der Waals surface area contributed by atoms with Crippen molar-refractivity contribution < 1.29 is 4.79 Å². The first kappa shape index (κ1) is 18.2. The Balaban J connectivity index is 1.53. The second kappa shape index (κ2) is 7.44. The number of aryl methyl sites for hydroxylation is 1. The molecule has 4 nitrogen and oxygen atoms in total. The van der Waals surface area contributed by atoms with Crippen molar-refractivity contribution in [1.82, 2.24) is 15.1 Å². The average Bonchev–Trinajstić information content (AvgIpc) is 3.36. The van der Waals surface area contributed by atoms with Crippen molar-refractivity contribution in [2.75, 3.05) is 0 Å². The van der Waals surface area contributed by atoms with Crippen LogP contribution in [0.1, 0.15) is 39.0 Å². The molecular weight excluding hydrogens is 422 g/mol. The van der Waals surface area contributed by atoms with Crippen molar-refractivity contribution in [2.24, 2.45) is 0 Å². The fourth-order valence-corrected chi connectivity index (χ4v) is 4.73. The van der Waals surface area contributed by atoms with E-state index in [0.29, 0.717) is 0 Å². The molecule has 0 bridgehead atoms. The largest absolute Gasteiger partial charge is 0.345 e. The highest BCUT2D eigenvalue weighted by Crippen LogP contribution is 2.34. The maximum atomic E-state index is 12.3. The molecule has 0 saturated heterocycles. The van der Waals surface area contributed by atoms with Crippen molar-refractivity contribution in [2.45, 2.75) is 32.2 Å². The summed E-state index contributed by atoms with van der Waals surface area (Å²) in [4.78, 5) is 13.1. The third kappa shape index (κ3) is 3.64. The molecule has 27 heavy (non-hydrogen) atoms. The Bertz CT molecular complexity index is 1010. The van der Waals surface area contributed by atoms with Gasteiger partial charge in [-0.25, -0.2) is 4.68 Å². The number of rotatable bonds is 4. The van der Waals surface area contributed by atoms with Gasteiger partial charge in [-0.15, -0.1) is 11.3 Å². The number of amides is 1. The van der Waals surface area contributed by atoms with Gasteiger partial charge in [-0.1, -0.05) is 40.2 Å². The molecule has 0 aliphatic heterocycles. The van der Waals surface area contributed by atoms with Gasteiger partial charge in [-0.2, -0.15) is 5.10 Å². The Hall–Kier alpha value is -2.18. The summed E-state index contributed by atoms with van der Waals surface area (Å²) in [7, 11) is 0. The molecular formula is C21H20BrN3OS. The number of thiophene rings is 1. The molecule has 4 rings (SSSR count). The van der Waals surface area contributed by atoms with Crippen molar-refractivity contribution >= 4 is 33.2 Å². The van der Waals surface area contributed by atoms with Crippen molar-refractivity contribution in [3.05, 3.63) is 80.2 Å². The van der Waals surface area contributed by atoms with E-state index in [2.05, 4.69) is 59.4 Å². The molecule has 3 aromatic rings. The molecule has 1 amide bonds. The van der Waals surface area contributed by atoms with Crippen LogP contribution in [0, 0.1) is 13.8 Å². The first-order valence-electron chi connectivity index (χ1n) is 8.87. The number of hydrogen-bond acceptors (Lipinski definition) is 3. The van der Waals surface area contributed by atoms with Gasteiger partial charge < -0.3 is 5.32 Å². The lowest BCUT2D eigenvalue weighted by Crippen LogP contribution is -2.32. The molecule has 0 fully saturated rings. The zero-order chi connectivity index (χ0) is 19.0. The second-order valence-electron chi connectivity index (χ2n) is 6.76. The summed E-state index contributed by atoms with van der Waals surface area (Å²) in [5, 5.41) is 9.81. The van der Waals surface area contributed by atoms with Crippen molar-refractivity contribution in [1.29, 1.82) is 0 Å². The van der Waals surface area contributed by atoms with E-state index in [-0.39, 0.29) is 17.9 Å². The molecule has 0 radical (unpaired) electrons. The molecule has 1 N–H and O–H groups in total. The lowest BCUT2D eigenvalue weighted by molar-refractivity contribution is 0.0948. The molecule has 138 valence electrons. The summed E-state index contributed by atoms with van der Waals surface area (Å²) in [6, 6.07) is 12.0. The fraction of sp³-hybridized carbons (Fsp3) is 0.238. The van der Waals surface area contributed by atoms with Crippen molar-refractivity contribution in [3.8, 4) is 5.69 Å². The Labute approximate surface area is 171 Å². The van der Waals surface area contributed by atoms with Gasteiger partial charge in [-0.05, 0) is 49.9 Å². The summed E-state index contributed by atoms with van der Waals surface area (Å²) in [6.45, 7) is 4.17. The number of carbonyl (C=O) groups is 1. The molecule has 0 saturated carbocycles. The maximum absolute atomic E-state index is 12.3. The van der Waals surface area contributed by atoms with E-state index in [0.717, 1.165) is 32.8 Å². The average molecular weight is 442 g/mol. The van der Waals surface area contributed by atoms with E-state index >= 15 is 0 Å². The minimum absolute atomic E-state index is 0.00132. The molecule has 1 aromatic carbocycles. The van der Waals surface area contributed by atoms with Crippen LogP contribution in [0.2, 0.25) is 0 Å². The van der Waals surface area contributed by atoms with Gasteiger partial charge in [-0.3, -0.25) is 4.79 Å². The normalized spacial score (nSPS) is 18.8. The van der Waals surface area contributed by atoms with Crippen LogP contribution in [0.5, 0.6) is 0 Å². The number of allylic oxidation sites excluding steroid dienone is 1. The van der Waals surface area contributed by atoms with E-state index in [9.17, 15) is 4.79 Å². The zero-order valence-corrected chi connectivity index (χ0v) is 17.5. The lowest BCUT2D eigenvalue weighted by atomic mass is 9.96. The van der Waals surface area contributed by atoms with Gasteiger partial charge in [0.2, 0.25) is 0 Å². The number of halogens is 1. The highest BCUT2D eigenvalue weighted by molar-refractivity contribution is 9.10. The molecule has 0 spiro atoms. The zero-order valence-electron chi connectivity index (χ0n) is 15.1. The van der Waals surface area contributed by atoms with Crippen molar-refractivity contribution in [3.63, 3.8) is 0 Å². The Kier molecular flexibility index (Phi) is 5.02. The molecule has 2 aromatic heterocycles. The lowest BCUT2D eigenvalue weighted by Gasteiger charge is -2.14. The highest BCUT2D eigenvalue weighted by Gasteiger charge is 2.27. The number of nitrogens with zero attached hydrogens (tertiary/aromatic N) is 2. The van der Waals surface area contributed by atoms with Crippen LogP contribution < -0.4 is 5.32 Å². The van der Waals surface area contributed by atoms with E-state index in [1.54, 1.807) is 0 Å². The second-order valence-corrected chi connectivity index (χ2v) is 8.62. The number of carbonyl (C=O) groups excluding carboxylic acids is 1.